The molecular formula is C26H27F3N6O2. The van der Waals surface area contributed by atoms with Crippen LogP contribution in [0.5, 0.6) is 0 Å². The van der Waals surface area contributed by atoms with Crippen molar-refractivity contribution in [3.8, 4) is 0 Å². The SMILES string of the molecule is CCOC(=O)c1nn(C)c(C)c1C(Nc1ccn2ccnc2c1)c1ccc(N2CCC(F)(F)C2)cc1F. The summed E-state index contributed by atoms with van der Waals surface area (Å²) in [6, 6.07) is 7.24. The lowest BCUT2D eigenvalue weighted by Gasteiger charge is -2.24. The third kappa shape index (κ3) is 4.73. The standard InChI is InChI=1S/C26H27F3N6O2/c1-4-37-25(36)24-22(16(2)33(3)32-24)23(31-17-7-10-34-12-9-30-21(34)13-17)19-6-5-18(14-20(19)27)35-11-8-26(28,29)15-35/h5-7,9-10,12-14,23,31H,4,8,11,15H2,1-3H3. The average molecular weight is 513 g/mol. The van der Waals surface area contributed by atoms with E-state index in [-0.39, 0.29) is 30.8 Å². The molecule has 0 spiro atoms. The molecule has 1 aliphatic heterocycles. The highest BCUT2D eigenvalue weighted by Gasteiger charge is 2.38. The first-order chi connectivity index (χ1) is 17.7. The first-order valence-corrected chi connectivity index (χ1v) is 12.0. The van der Waals surface area contributed by atoms with Crippen molar-refractivity contribution in [1.82, 2.24) is 19.2 Å². The van der Waals surface area contributed by atoms with Crippen LogP contribution in [0.2, 0.25) is 0 Å². The molecule has 8 nitrogen and oxygen atoms in total. The van der Waals surface area contributed by atoms with E-state index in [0.717, 1.165) is 0 Å². The minimum atomic E-state index is -2.80. The number of hydrogen-bond donors (Lipinski definition) is 1. The van der Waals surface area contributed by atoms with E-state index in [4.69, 9.17) is 4.74 Å². The number of fused-ring (bicyclic) bond motifs is 1. The molecule has 4 heterocycles. The van der Waals surface area contributed by atoms with E-state index in [9.17, 15) is 13.6 Å². The highest BCUT2D eigenvalue weighted by Crippen LogP contribution is 2.36. The number of alkyl halides is 2. The van der Waals surface area contributed by atoms with E-state index < -0.39 is 30.3 Å². The van der Waals surface area contributed by atoms with Gasteiger partial charge in [-0.1, -0.05) is 6.07 Å². The predicted molar refractivity (Wildman–Crippen MR) is 133 cm³/mol. The molecule has 194 valence electrons. The van der Waals surface area contributed by atoms with Gasteiger partial charge in [0.05, 0.1) is 19.2 Å². The molecule has 1 fully saturated rings. The van der Waals surface area contributed by atoms with E-state index in [1.54, 1.807) is 56.2 Å². The summed E-state index contributed by atoms with van der Waals surface area (Å²) in [6.07, 6.45) is 5.02. The fraction of sp³-hybridized carbons (Fsp3) is 0.346. The van der Waals surface area contributed by atoms with Crippen LogP contribution in [0.3, 0.4) is 0 Å². The number of nitrogens with zero attached hydrogens (tertiary/aromatic N) is 5. The zero-order chi connectivity index (χ0) is 26.3. The van der Waals surface area contributed by atoms with E-state index in [2.05, 4.69) is 15.4 Å². The summed E-state index contributed by atoms with van der Waals surface area (Å²) >= 11 is 0. The lowest BCUT2D eigenvalue weighted by atomic mass is 9.95. The Morgan fingerprint density at radius 2 is 2.05 bits per heavy atom. The molecule has 1 atom stereocenters. The van der Waals surface area contributed by atoms with Gasteiger partial charge in [0.15, 0.2) is 5.69 Å². The van der Waals surface area contributed by atoms with E-state index >= 15 is 4.39 Å². The number of carbonyl (C=O) groups excluding carboxylic acids is 1. The van der Waals surface area contributed by atoms with Gasteiger partial charge in [-0.05, 0) is 32.0 Å². The fourth-order valence-electron chi connectivity index (χ4n) is 4.70. The van der Waals surface area contributed by atoms with Gasteiger partial charge in [-0.3, -0.25) is 4.68 Å². The second kappa shape index (κ2) is 9.45. The van der Waals surface area contributed by atoms with Gasteiger partial charge in [0.25, 0.3) is 5.92 Å². The van der Waals surface area contributed by atoms with Crippen LogP contribution in [0, 0.1) is 12.7 Å². The third-order valence-electron chi connectivity index (χ3n) is 6.68. The fourth-order valence-corrected chi connectivity index (χ4v) is 4.70. The molecule has 0 radical (unpaired) electrons. The van der Waals surface area contributed by atoms with Gasteiger partial charge < -0.3 is 19.4 Å². The largest absolute Gasteiger partial charge is 0.461 e. The Bertz CT molecular complexity index is 1460. The highest BCUT2D eigenvalue weighted by atomic mass is 19.3. The van der Waals surface area contributed by atoms with Crippen molar-refractivity contribution in [3.63, 3.8) is 0 Å². The molecule has 37 heavy (non-hydrogen) atoms. The normalized spacial score (nSPS) is 15.8. The quantitative estimate of drug-likeness (QED) is 0.361. The molecular weight excluding hydrogens is 485 g/mol. The molecule has 1 aromatic carbocycles. The van der Waals surface area contributed by atoms with Crippen molar-refractivity contribution in [1.29, 1.82) is 0 Å². The molecule has 4 aromatic rings. The molecule has 5 rings (SSSR count). The molecule has 0 saturated carbocycles. The number of benzene rings is 1. The number of hydrogen-bond acceptors (Lipinski definition) is 6. The van der Waals surface area contributed by atoms with Crippen LogP contribution in [0.25, 0.3) is 5.65 Å². The second-order valence-electron chi connectivity index (χ2n) is 9.11. The predicted octanol–water partition coefficient (Wildman–Crippen LogP) is 4.74. The van der Waals surface area contributed by atoms with E-state index in [1.165, 1.54) is 11.0 Å². The number of halogens is 3. The summed E-state index contributed by atoms with van der Waals surface area (Å²) in [5.41, 5.74) is 3.12. The minimum absolute atomic E-state index is 0.0731. The van der Waals surface area contributed by atoms with Crippen molar-refractivity contribution in [2.75, 3.05) is 29.9 Å². The third-order valence-corrected chi connectivity index (χ3v) is 6.68. The van der Waals surface area contributed by atoms with Gasteiger partial charge in [-0.2, -0.15) is 5.10 Å². The number of carbonyl (C=O) groups is 1. The Labute approximate surface area is 211 Å². The Balaban J connectivity index is 1.60. The maximum Gasteiger partial charge on any atom is 0.359 e. The smallest absolute Gasteiger partial charge is 0.359 e. The van der Waals surface area contributed by atoms with Crippen LogP contribution in [0.15, 0.2) is 48.9 Å². The van der Waals surface area contributed by atoms with Crippen molar-refractivity contribution < 1.29 is 22.7 Å². The van der Waals surface area contributed by atoms with Crippen LogP contribution in [0.1, 0.15) is 46.7 Å². The minimum Gasteiger partial charge on any atom is -0.461 e. The Morgan fingerprint density at radius 1 is 1.24 bits per heavy atom. The second-order valence-corrected chi connectivity index (χ2v) is 9.11. The van der Waals surface area contributed by atoms with Crippen molar-refractivity contribution in [2.24, 2.45) is 7.05 Å². The maximum absolute atomic E-state index is 15.7. The molecule has 1 unspecified atom stereocenters. The number of anilines is 2. The number of ether oxygens (including phenoxy) is 1. The zero-order valence-corrected chi connectivity index (χ0v) is 20.7. The van der Waals surface area contributed by atoms with Gasteiger partial charge in [0.1, 0.15) is 11.5 Å². The topological polar surface area (TPSA) is 76.7 Å². The molecule has 3 aromatic heterocycles. The van der Waals surface area contributed by atoms with Gasteiger partial charge in [0.2, 0.25) is 0 Å². The summed E-state index contributed by atoms with van der Waals surface area (Å²) in [5, 5.41) is 7.70. The summed E-state index contributed by atoms with van der Waals surface area (Å²) in [4.78, 5) is 18.6. The Morgan fingerprint density at radius 3 is 2.76 bits per heavy atom. The van der Waals surface area contributed by atoms with Gasteiger partial charge >= 0.3 is 5.97 Å². The number of aryl methyl sites for hydroxylation is 1. The van der Waals surface area contributed by atoms with Crippen LogP contribution < -0.4 is 10.2 Å². The summed E-state index contributed by atoms with van der Waals surface area (Å²) in [7, 11) is 1.70. The number of aromatic nitrogens is 4. The number of pyridine rings is 1. The summed E-state index contributed by atoms with van der Waals surface area (Å²) in [5.74, 6) is -4.01. The Kier molecular flexibility index (Phi) is 6.30. The summed E-state index contributed by atoms with van der Waals surface area (Å²) < 4.78 is 51.9. The van der Waals surface area contributed by atoms with Crippen molar-refractivity contribution in [2.45, 2.75) is 32.2 Å². The lowest BCUT2D eigenvalue weighted by Crippen LogP contribution is -2.25. The van der Waals surface area contributed by atoms with Crippen LogP contribution in [-0.4, -0.2) is 50.8 Å². The molecule has 0 aliphatic carbocycles. The van der Waals surface area contributed by atoms with Crippen molar-refractivity contribution >= 4 is 23.0 Å². The monoisotopic (exact) mass is 512 g/mol. The van der Waals surface area contributed by atoms with E-state index in [0.29, 0.717) is 28.3 Å². The maximum atomic E-state index is 15.7. The number of rotatable bonds is 7. The molecule has 1 saturated heterocycles. The van der Waals surface area contributed by atoms with Crippen LogP contribution in [-0.2, 0) is 11.8 Å². The molecule has 11 heteroatoms. The van der Waals surface area contributed by atoms with Crippen LogP contribution in [0.4, 0.5) is 24.5 Å². The van der Waals surface area contributed by atoms with Crippen LogP contribution >= 0.6 is 0 Å². The molecule has 1 N–H and O–H groups in total. The molecule has 1 aliphatic rings. The molecule has 0 bridgehead atoms. The zero-order valence-electron chi connectivity index (χ0n) is 20.7. The van der Waals surface area contributed by atoms with E-state index in [1.807, 2.05) is 16.7 Å². The highest BCUT2D eigenvalue weighted by molar-refractivity contribution is 5.90. The first-order valence-electron chi connectivity index (χ1n) is 12.0. The van der Waals surface area contributed by atoms with Crippen molar-refractivity contribution in [3.05, 3.63) is 77.3 Å². The summed E-state index contributed by atoms with van der Waals surface area (Å²) in [6.45, 7) is 3.34. The van der Waals surface area contributed by atoms with Gasteiger partial charge in [-0.15, -0.1) is 0 Å². The average Bonchev–Trinajstić information content (AvgIpc) is 3.55. The van der Waals surface area contributed by atoms with Gasteiger partial charge in [0, 0.05) is 72.9 Å². The number of esters is 1. The number of imidazole rings is 1. The Hall–Kier alpha value is -4.02. The molecule has 0 amide bonds. The lowest BCUT2D eigenvalue weighted by molar-refractivity contribution is 0.0257. The van der Waals surface area contributed by atoms with Gasteiger partial charge in [-0.25, -0.2) is 22.9 Å². The first kappa shape index (κ1) is 24.7. The number of nitrogens with one attached hydrogen (secondary N) is 1.